The Hall–Kier alpha value is -1.71. The van der Waals surface area contributed by atoms with Crippen LogP contribution in [0.25, 0.3) is 10.9 Å². The van der Waals surface area contributed by atoms with E-state index < -0.39 is 0 Å². The fourth-order valence-corrected chi connectivity index (χ4v) is 2.37. The summed E-state index contributed by atoms with van der Waals surface area (Å²) in [6.45, 7) is 4.47. The summed E-state index contributed by atoms with van der Waals surface area (Å²) in [5, 5.41) is 11.6. The van der Waals surface area contributed by atoms with Crippen LogP contribution in [0.2, 0.25) is 0 Å². The summed E-state index contributed by atoms with van der Waals surface area (Å²) in [6, 6.07) is 4.01. The minimum Gasteiger partial charge on any atom is -0.397 e. The lowest BCUT2D eigenvalue weighted by Gasteiger charge is -2.28. The van der Waals surface area contributed by atoms with Gasteiger partial charge in [0.2, 0.25) is 0 Å². The van der Waals surface area contributed by atoms with Crippen LogP contribution in [0.15, 0.2) is 18.3 Å². The molecular formula is C13H18N4. The summed E-state index contributed by atoms with van der Waals surface area (Å²) < 4.78 is 0. The average molecular weight is 230 g/mol. The normalized spacial score (nSPS) is 16.4. The third-order valence-corrected chi connectivity index (χ3v) is 3.67. The summed E-state index contributed by atoms with van der Waals surface area (Å²) in [7, 11) is 0. The smallest absolute Gasteiger partial charge is 0.0672 e. The summed E-state index contributed by atoms with van der Waals surface area (Å²) in [6.07, 6.45) is 4.42. The Morgan fingerprint density at radius 3 is 2.88 bits per heavy atom. The second-order valence-electron chi connectivity index (χ2n) is 5.52. The van der Waals surface area contributed by atoms with Gasteiger partial charge in [0.1, 0.15) is 0 Å². The Bertz CT molecular complexity index is 552. The van der Waals surface area contributed by atoms with Crippen LogP contribution in [0.5, 0.6) is 0 Å². The minimum absolute atomic E-state index is 0.113. The number of hydrogen-bond acceptors (Lipinski definition) is 3. The molecule has 0 radical (unpaired) electrons. The van der Waals surface area contributed by atoms with Crippen molar-refractivity contribution >= 4 is 22.3 Å². The van der Waals surface area contributed by atoms with E-state index >= 15 is 0 Å². The standard InChI is InChI=1S/C13H18N4/c1-13(2,9-3-4-9)16-12-6-11-8(5-10(12)14)7-15-17-11/h5-7,9,16H,3-4,14H2,1-2H3,(H,15,17). The molecule has 1 saturated carbocycles. The van der Waals surface area contributed by atoms with Gasteiger partial charge in [0.15, 0.2) is 0 Å². The SMILES string of the molecule is CC(C)(Nc1cc2[nH]ncc2cc1N)C1CC1. The van der Waals surface area contributed by atoms with Crippen LogP contribution in [0.4, 0.5) is 11.4 Å². The summed E-state index contributed by atoms with van der Waals surface area (Å²) in [4.78, 5) is 0. The molecule has 0 amide bonds. The molecule has 1 aliphatic carbocycles. The van der Waals surface area contributed by atoms with Gasteiger partial charge in [0.25, 0.3) is 0 Å². The zero-order valence-electron chi connectivity index (χ0n) is 10.2. The van der Waals surface area contributed by atoms with Crippen LogP contribution in [0, 0.1) is 5.92 Å². The number of hydrogen-bond donors (Lipinski definition) is 3. The molecule has 0 atom stereocenters. The first kappa shape index (κ1) is 10.4. The molecule has 17 heavy (non-hydrogen) atoms. The Morgan fingerprint density at radius 1 is 1.41 bits per heavy atom. The van der Waals surface area contributed by atoms with Crippen molar-refractivity contribution in [2.45, 2.75) is 32.2 Å². The highest BCUT2D eigenvalue weighted by atomic mass is 15.1. The van der Waals surface area contributed by atoms with Crippen LogP contribution in [-0.2, 0) is 0 Å². The molecule has 0 bridgehead atoms. The molecule has 1 aromatic carbocycles. The van der Waals surface area contributed by atoms with Gasteiger partial charge in [-0.05, 0) is 44.7 Å². The molecule has 3 rings (SSSR count). The molecule has 4 nitrogen and oxygen atoms in total. The van der Waals surface area contributed by atoms with Gasteiger partial charge in [-0.2, -0.15) is 5.10 Å². The van der Waals surface area contributed by atoms with E-state index in [0.717, 1.165) is 28.2 Å². The van der Waals surface area contributed by atoms with E-state index in [1.165, 1.54) is 12.8 Å². The van der Waals surface area contributed by atoms with Crippen molar-refractivity contribution in [2.24, 2.45) is 5.92 Å². The number of anilines is 2. The zero-order chi connectivity index (χ0) is 12.0. The van der Waals surface area contributed by atoms with Gasteiger partial charge in [-0.25, -0.2) is 0 Å². The van der Waals surface area contributed by atoms with E-state index in [2.05, 4.69) is 29.4 Å². The lowest BCUT2D eigenvalue weighted by atomic mass is 9.98. The number of nitrogens with two attached hydrogens (primary N) is 1. The van der Waals surface area contributed by atoms with Crippen LogP contribution in [0.3, 0.4) is 0 Å². The van der Waals surface area contributed by atoms with Crippen molar-refractivity contribution in [2.75, 3.05) is 11.1 Å². The molecule has 1 aromatic heterocycles. The first-order valence-corrected chi connectivity index (χ1v) is 6.07. The third-order valence-electron chi connectivity index (χ3n) is 3.67. The quantitative estimate of drug-likeness (QED) is 0.710. The first-order valence-electron chi connectivity index (χ1n) is 6.07. The average Bonchev–Trinajstić information content (AvgIpc) is 3.02. The van der Waals surface area contributed by atoms with Gasteiger partial charge >= 0.3 is 0 Å². The second-order valence-corrected chi connectivity index (χ2v) is 5.52. The number of rotatable bonds is 3. The van der Waals surface area contributed by atoms with Crippen LogP contribution in [0.1, 0.15) is 26.7 Å². The number of fused-ring (bicyclic) bond motifs is 1. The monoisotopic (exact) mass is 230 g/mol. The molecule has 0 unspecified atom stereocenters. The van der Waals surface area contributed by atoms with Crippen molar-refractivity contribution < 1.29 is 0 Å². The second kappa shape index (κ2) is 3.39. The van der Waals surface area contributed by atoms with Gasteiger partial charge in [0.05, 0.1) is 23.1 Å². The minimum atomic E-state index is 0.113. The topological polar surface area (TPSA) is 66.7 Å². The van der Waals surface area contributed by atoms with E-state index in [1.54, 1.807) is 6.20 Å². The summed E-state index contributed by atoms with van der Waals surface area (Å²) >= 11 is 0. The lowest BCUT2D eigenvalue weighted by Crippen LogP contribution is -2.33. The van der Waals surface area contributed by atoms with Gasteiger partial charge < -0.3 is 11.1 Å². The van der Waals surface area contributed by atoms with Crippen molar-refractivity contribution in [3.63, 3.8) is 0 Å². The highest BCUT2D eigenvalue weighted by molar-refractivity contribution is 5.88. The largest absolute Gasteiger partial charge is 0.397 e. The van der Waals surface area contributed by atoms with Gasteiger partial charge in [-0.3, -0.25) is 5.10 Å². The molecule has 1 fully saturated rings. The van der Waals surface area contributed by atoms with Crippen molar-refractivity contribution in [3.8, 4) is 0 Å². The van der Waals surface area contributed by atoms with E-state index in [4.69, 9.17) is 5.73 Å². The van der Waals surface area contributed by atoms with E-state index in [-0.39, 0.29) is 5.54 Å². The predicted molar refractivity (Wildman–Crippen MR) is 70.9 cm³/mol. The van der Waals surface area contributed by atoms with Gasteiger partial charge in [-0.1, -0.05) is 0 Å². The molecule has 2 aromatic rings. The van der Waals surface area contributed by atoms with Crippen molar-refractivity contribution in [1.29, 1.82) is 0 Å². The molecular weight excluding hydrogens is 212 g/mol. The molecule has 0 spiro atoms. The number of nitrogen functional groups attached to an aromatic ring is 1. The number of nitrogens with zero attached hydrogens (tertiary/aromatic N) is 1. The molecule has 1 heterocycles. The maximum absolute atomic E-state index is 6.07. The highest BCUT2D eigenvalue weighted by Crippen LogP contribution is 2.42. The van der Waals surface area contributed by atoms with Gasteiger partial charge in [-0.15, -0.1) is 0 Å². The number of aromatic amines is 1. The number of benzene rings is 1. The molecule has 1 aliphatic rings. The molecule has 90 valence electrons. The number of nitrogens with one attached hydrogen (secondary N) is 2. The fraction of sp³-hybridized carbons (Fsp3) is 0.462. The van der Waals surface area contributed by atoms with E-state index in [0.29, 0.717) is 0 Å². The lowest BCUT2D eigenvalue weighted by molar-refractivity contribution is 0.495. The van der Waals surface area contributed by atoms with Crippen molar-refractivity contribution in [3.05, 3.63) is 18.3 Å². The predicted octanol–water partition coefficient (Wildman–Crippen LogP) is 2.75. The maximum atomic E-state index is 6.07. The Kier molecular flexibility index (Phi) is 2.08. The van der Waals surface area contributed by atoms with Crippen LogP contribution in [-0.4, -0.2) is 15.7 Å². The Balaban J connectivity index is 1.96. The highest BCUT2D eigenvalue weighted by Gasteiger charge is 2.37. The van der Waals surface area contributed by atoms with Crippen molar-refractivity contribution in [1.82, 2.24) is 10.2 Å². The maximum Gasteiger partial charge on any atom is 0.0672 e. The van der Waals surface area contributed by atoms with E-state index in [1.807, 2.05) is 12.1 Å². The number of aromatic nitrogens is 2. The third kappa shape index (κ3) is 1.84. The fourth-order valence-electron chi connectivity index (χ4n) is 2.37. The Labute approximate surface area is 101 Å². The van der Waals surface area contributed by atoms with Crippen LogP contribution < -0.4 is 11.1 Å². The molecule has 4 heteroatoms. The summed E-state index contributed by atoms with van der Waals surface area (Å²) in [5.74, 6) is 0.763. The molecule has 4 N–H and O–H groups in total. The Morgan fingerprint density at radius 2 is 2.18 bits per heavy atom. The number of H-pyrrole nitrogens is 1. The van der Waals surface area contributed by atoms with Gasteiger partial charge in [0, 0.05) is 10.9 Å². The molecule has 0 saturated heterocycles. The summed E-state index contributed by atoms with van der Waals surface area (Å²) in [5.41, 5.74) is 8.99. The van der Waals surface area contributed by atoms with Crippen LogP contribution >= 0.6 is 0 Å². The molecule has 0 aliphatic heterocycles. The first-order chi connectivity index (χ1) is 8.06. The zero-order valence-corrected chi connectivity index (χ0v) is 10.2. The van der Waals surface area contributed by atoms with E-state index in [9.17, 15) is 0 Å².